The van der Waals surface area contributed by atoms with Crippen molar-refractivity contribution in [2.75, 3.05) is 7.11 Å². The molecule has 0 aromatic heterocycles. The van der Waals surface area contributed by atoms with Crippen molar-refractivity contribution in [3.63, 3.8) is 0 Å². The Hall–Kier alpha value is -1.02. The second-order valence-corrected chi connectivity index (χ2v) is 4.70. The summed E-state index contributed by atoms with van der Waals surface area (Å²) in [6.07, 6.45) is 3.14. The first-order chi connectivity index (χ1) is 7.63. The summed E-state index contributed by atoms with van der Waals surface area (Å²) < 4.78 is 5.24. The number of ketones is 1. The largest absolute Gasteiger partial charge is 0.496 e. The smallest absolute Gasteiger partial charge is 0.169 e. The number of hydrogen-bond donors (Lipinski definition) is 0. The third kappa shape index (κ3) is 1.94. The molecule has 2 rings (SSSR count). The molecule has 1 saturated carbocycles. The van der Waals surface area contributed by atoms with E-state index in [0.29, 0.717) is 16.3 Å². The number of Topliss-reactive ketones (excluding diaryl/α,β-unsaturated/α-hetero) is 1. The lowest BCUT2D eigenvalue weighted by molar-refractivity contribution is 0.0852. The van der Waals surface area contributed by atoms with Crippen molar-refractivity contribution >= 4 is 17.4 Å². The van der Waals surface area contributed by atoms with E-state index in [1.807, 2.05) is 13.0 Å². The molecular weight excluding hydrogens is 224 g/mol. The van der Waals surface area contributed by atoms with E-state index in [9.17, 15) is 4.79 Å². The minimum atomic E-state index is 0.171. The molecule has 0 saturated heterocycles. The zero-order valence-electron chi connectivity index (χ0n) is 9.55. The van der Waals surface area contributed by atoms with Crippen molar-refractivity contribution in [2.24, 2.45) is 5.92 Å². The van der Waals surface area contributed by atoms with Gasteiger partial charge in [0, 0.05) is 10.9 Å². The molecule has 1 aliphatic rings. The molecule has 0 bridgehead atoms. The fourth-order valence-electron chi connectivity index (χ4n) is 1.91. The Morgan fingerprint density at radius 3 is 2.62 bits per heavy atom. The van der Waals surface area contributed by atoms with Crippen LogP contribution in [0.4, 0.5) is 0 Å². The molecule has 0 radical (unpaired) electrons. The van der Waals surface area contributed by atoms with Gasteiger partial charge >= 0.3 is 0 Å². The van der Waals surface area contributed by atoms with Crippen LogP contribution in [0.25, 0.3) is 0 Å². The van der Waals surface area contributed by atoms with Crippen LogP contribution in [0.1, 0.15) is 35.2 Å². The van der Waals surface area contributed by atoms with Gasteiger partial charge in [-0.05, 0) is 37.5 Å². The van der Waals surface area contributed by atoms with Gasteiger partial charge in [0.05, 0.1) is 12.7 Å². The van der Waals surface area contributed by atoms with Gasteiger partial charge in [-0.25, -0.2) is 0 Å². The minimum absolute atomic E-state index is 0.171. The first-order valence-electron chi connectivity index (χ1n) is 5.52. The van der Waals surface area contributed by atoms with Crippen LogP contribution in [-0.4, -0.2) is 12.9 Å². The van der Waals surface area contributed by atoms with Crippen molar-refractivity contribution in [3.05, 3.63) is 28.3 Å². The predicted molar refractivity (Wildman–Crippen MR) is 64.4 cm³/mol. The van der Waals surface area contributed by atoms with Gasteiger partial charge in [-0.2, -0.15) is 0 Å². The highest BCUT2D eigenvalue weighted by Crippen LogP contribution is 2.34. The first-order valence-corrected chi connectivity index (χ1v) is 5.89. The molecule has 1 aromatic rings. The fourth-order valence-corrected chi connectivity index (χ4v) is 2.07. The van der Waals surface area contributed by atoms with Crippen molar-refractivity contribution in [1.29, 1.82) is 0 Å². The van der Waals surface area contributed by atoms with Crippen molar-refractivity contribution in [2.45, 2.75) is 26.2 Å². The van der Waals surface area contributed by atoms with E-state index in [0.717, 1.165) is 24.8 Å². The maximum absolute atomic E-state index is 12.1. The predicted octanol–water partition coefficient (Wildman–Crippen LogP) is 3.64. The SMILES string of the molecule is COc1cc(C)c(Cl)cc1C(=O)C1CCC1. The Balaban J connectivity index is 2.37. The van der Waals surface area contributed by atoms with Gasteiger partial charge in [0.15, 0.2) is 5.78 Å². The maximum atomic E-state index is 12.1. The average molecular weight is 239 g/mol. The van der Waals surface area contributed by atoms with Crippen molar-refractivity contribution in [3.8, 4) is 5.75 Å². The lowest BCUT2D eigenvalue weighted by Crippen LogP contribution is -2.22. The summed E-state index contributed by atoms with van der Waals surface area (Å²) in [5.41, 5.74) is 1.56. The van der Waals surface area contributed by atoms with E-state index in [-0.39, 0.29) is 11.7 Å². The molecule has 2 nitrogen and oxygen atoms in total. The van der Waals surface area contributed by atoms with E-state index in [1.165, 1.54) is 0 Å². The molecule has 86 valence electrons. The summed E-state index contributed by atoms with van der Waals surface area (Å²) in [4.78, 5) is 12.1. The molecule has 0 unspecified atom stereocenters. The normalized spacial score (nSPS) is 15.7. The highest BCUT2D eigenvalue weighted by molar-refractivity contribution is 6.31. The number of benzene rings is 1. The second kappa shape index (κ2) is 4.46. The van der Waals surface area contributed by atoms with Crippen LogP contribution in [0.2, 0.25) is 5.02 Å². The molecule has 0 aliphatic heterocycles. The molecule has 0 spiro atoms. The third-order valence-electron chi connectivity index (χ3n) is 3.22. The quantitative estimate of drug-likeness (QED) is 0.752. The number of hydrogen-bond acceptors (Lipinski definition) is 2. The van der Waals surface area contributed by atoms with Gasteiger partial charge in [0.1, 0.15) is 5.75 Å². The molecule has 1 aromatic carbocycles. The molecule has 3 heteroatoms. The van der Waals surface area contributed by atoms with Crippen molar-refractivity contribution < 1.29 is 9.53 Å². The highest BCUT2D eigenvalue weighted by atomic mass is 35.5. The molecule has 0 heterocycles. The Kier molecular flexibility index (Phi) is 3.20. The van der Waals surface area contributed by atoms with Gasteiger partial charge in [-0.3, -0.25) is 4.79 Å². The molecule has 1 aliphatic carbocycles. The van der Waals surface area contributed by atoms with E-state index in [1.54, 1.807) is 13.2 Å². The van der Waals surface area contributed by atoms with Gasteiger partial charge in [0.25, 0.3) is 0 Å². The number of halogens is 1. The number of rotatable bonds is 3. The zero-order valence-corrected chi connectivity index (χ0v) is 10.3. The maximum Gasteiger partial charge on any atom is 0.169 e. The Morgan fingerprint density at radius 1 is 1.44 bits per heavy atom. The average Bonchev–Trinajstić information content (AvgIpc) is 2.18. The monoisotopic (exact) mass is 238 g/mol. The van der Waals surface area contributed by atoms with Crippen LogP contribution < -0.4 is 4.74 Å². The number of methoxy groups -OCH3 is 1. The standard InChI is InChI=1S/C13H15ClO2/c1-8-6-12(16-2)10(7-11(8)14)13(15)9-4-3-5-9/h6-7,9H,3-5H2,1-2H3. The van der Waals surface area contributed by atoms with E-state index in [4.69, 9.17) is 16.3 Å². The van der Waals surface area contributed by atoms with Crippen molar-refractivity contribution in [1.82, 2.24) is 0 Å². The molecule has 0 amide bonds. The lowest BCUT2D eigenvalue weighted by atomic mass is 9.79. The van der Waals surface area contributed by atoms with E-state index < -0.39 is 0 Å². The van der Waals surface area contributed by atoms with Gasteiger partial charge in [-0.1, -0.05) is 18.0 Å². The summed E-state index contributed by atoms with van der Waals surface area (Å²) in [6.45, 7) is 1.91. The highest BCUT2D eigenvalue weighted by Gasteiger charge is 2.28. The van der Waals surface area contributed by atoms with Crippen LogP contribution in [0, 0.1) is 12.8 Å². The summed E-state index contributed by atoms with van der Waals surface area (Å²) in [5, 5.41) is 0.628. The van der Waals surface area contributed by atoms with Crippen LogP contribution >= 0.6 is 11.6 Å². The second-order valence-electron chi connectivity index (χ2n) is 4.29. The summed E-state index contributed by atoms with van der Waals surface area (Å²) in [6, 6.07) is 3.56. The van der Waals surface area contributed by atoms with Crippen LogP contribution in [0.3, 0.4) is 0 Å². The molecule has 16 heavy (non-hydrogen) atoms. The van der Waals surface area contributed by atoms with Gasteiger partial charge in [-0.15, -0.1) is 0 Å². The Labute approximate surface area is 101 Å². The zero-order chi connectivity index (χ0) is 11.7. The number of carbonyl (C=O) groups excluding carboxylic acids is 1. The topological polar surface area (TPSA) is 26.3 Å². The van der Waals surface area contributed by atoms with Crippen LogP contribution in [0.15, 0.2) is 12.1 Å². The Bertz CT molecular complexity index is 422. The summed E-state index contributed by atoms with van der Waals surface area (Å²) >= 11 is 6.04. The first kappa shape index (κ1) is 11.5. The molecule has 0 atom stereocenters. The summed E-state index contributed by atoms with van der Waals surface area (Å²) in [7, 11) is 1.58. The molecular formula is C13H15ClO2. The van der Waals surface area contributed by atoms with E-state index in [2.05, 4.69) is 0 Å². The lowest BCUT2D eigenvalue weighted by Gasteiger charge is -2.24. The fraction of sp³-hybridized carbons (Fsp3) is 0.462. The summed E-state index contributed by atoms with van der Waals surface area (Å²) in [5.74, 6) is 0.983. The van der Waals surface area contributed by atoms with E-state index >= 15 is 0 Å². The number of ether oxygens (including phenoxy) is 1. The van der Waals surface area contributed by atoms with Gasteiger partial charge < -0.3 is 4.74 Å². The van der Waals surface area contributed by atoms with Gasteiger partial charge in [0.2, 0.25) is 0 Å². The number of aryl methyl sites for hydroxylation is 1. The molecule has 1 fully saturated rings. The van der Waals surface area contributed by atoms with Crippen LogP contribution in [-0.2, 0) is 0 Å². The minimum Gasteiger partial charge on any atom is -0.496 e. The third-order valence-corrected chi connectivity index (χ3v) is 3.63. The van der Waals surface area contributed by atoms with Crippen LogP contribution in [0.5, 0.6) is 5.75 Å². The Morgan fingerprint density at radius 2 is 2.12 bits per heavy atom. The molecule has 0 N–H and O–H groups in total. The number of carbonyl (C=O) groups is 1.